The summed E-state index contributed by atoms with van der Waals surface area (Å²) in [7, 11) is -8.98. The van der Waals surface area contributed by atoms with Gasteiger partial charge in [0.05, 0.1) is 9.79 Å². The van der Waals surface area contributed by atoms with Crippen molar-refractivity contribution >= 4 is 41.8 Å². The quantitative estimate of drug-likeness (QED) is 0.243. The first-order valence-electron chi connectivity index (χ1n) is 10.2. The van der Waals surface area contributed by atoms with E-state index in [0.717, 1.165) is 27.5 Å². The van der Waals surface area contributed by atoms with E-state index >= 15 is 0 Å². The predicted octanol–water partition coefficient (Wildman–Crippen LogP) is 5.82. The van der Waals surface area contributed by atoms with Gasteiger partial charge in [-0.25, -0.2) is 0 Å². The summed E-state index contributed by atoms with van der Waals surface area (Å²) < 4.78 is 67.3. The van der Waals surface area contributed by atoms with Gasteiger partial charge in [-0.3, -0.25) is 9.11 Å². The molecule has 0 aromatic heterocycles. The highest BCUT2D eigenvalue weighted by Gasteiger charge is 2.21. The highest BCUT2D eigenvalue weighted by Crippen LogP contribution is 2.44. The molecule has 0 atom stereocenters. The minimum Gasteiger partial charge on any atom is -0.282 e. The number of fused-ring (bicyclic) bond motifs is 2. The molecule has 0 aliphatic carbocycles. The topological polar surface area (TPSA) is 109 Å². The summed E-state index contributed by atoms with van der Waals surface area (Å²) in [5, 5.41) is 2.48. The largest absolute Gasteiger partial charge is 0.294 e. The van der Waals surface area contributed by atoms with Gasteiger partial charge >= 0.3 is 0 Å². The molecule has 0 spiro atoms. The van der Waals surface area contributed by atoms with E-state index in [-0.39, 0.29) is 9.79 Å². The smallest absolute Gasteiger partial charge is 0.282 e. The first-order valence-corrected chi connectivity index (χ1v) is 13.1. The van der Waals surface area contributed by atoms with Gasteiger partial charge in [-0.15, -0.1) is 0 Å². The van der Waals surface area contributed by atoms with E-state index in [0.29, 0.717) is 16.3 Å². The van der Waals surface area contributed by atoms with E-state index in [1.54, 1.807) is 12.1 Å². The Labute approximate surface area is 196 Å². The lowest BCUT2D eigenvalue weighted by atomic mass is 9.86. The van der Waals surface area contributed by atoms with Crippen LogP contribution in [0.15, 0.2) is 107 Å². The molecule has 6 nitrogen and oxygen atoms in total. The van der Waals surface area contributed by atoms with Gasteiger partial charge in [-0.2, -0.15) is 16.8 Å². The SMILES string of the molecule is O=S(=O)(O)c1ccc2c(-c3ccccc3)c3ccc(S(=O)(=O)O)cc3c(-c3ccccc3)c2c1. The molecule has 0 saturated carbocycles. The molecule has 0 bridgehead atoms. The molecule has 0 saturated heterocycles. The minimum absolute atomic E-state index is 0.276. The molecule has 170 valence electrons. The average molecular weight is 491 g/mol. The van der Waals surface area contributed by atoms with Crippen LogP contribution in [0.5, 0.6) is 0 Å². The third kappa shape index (κ3) is 3.86. The van der Waals surface area contributed by atoms with Crippen molar-refractivity contribution < 1.29 is 25.9 Å². The van der Waals surface area contributed by atoms with Crippen LogP contribution in [-0.2, 0) is 20.2 Å². The molecule has 0 aliphatic heterocycles. The van der Waals surface area contributed by atoms with Crippen LogP contribution in [0.4, 0.5) is 0 Å². The first kappa shape index (κ1) is 22.2. The number of hydrogen-bond donors (Lipinski definition) is 2. The van der Waals surface area contributed by atoms with Crippen LogP contribution in [0, 0.1) is 0 Å². The molecule has 34 heavy (non-hydrogen) atoms. The number of benzene rings is 5. The van der Waals surface area contributed by atoms with Crippen molar-refractivity contribution in [2.45, 2.75) is 9.79 Å². The zero-order valence-corrected chi connectivity index (χ0v) is 19.2. The Morgan fingerprint density at radius 1 is 0.441 bits per heavy atom. The zero-order valence-electron chi connectivity index (χ0n) is 17.6. The average Bonchev–Trinajstić information content (AvgIpc) is 2.81. The molecule has 0 aliphatic rings. The molecule has 8 heteroatoms. The normalized spacial score (nSPS) is 12.3. The van der Waals surface area contributed by atoms with Gasteiger partial charge in [0.25, 0.3) is 20.2 Å². The van der Waals surface area contributed by atoms with Crippen LogP contribution in [0.3, 0.4) is 0 Å². The molecule has 0 radical (unpaired) electrons. The lowest BCUT2D eigenvalue weighted by molar-refractivity contribution is 0.481. The van der Waals surface area contributed by atoms with Crippen molar-refractivity contribution in [2.24, 2.45) is 0 Å². The van der Waals surface area contributed by atoms with Crippen LogP contribution >= 0.6 is 0 Å². The molecular formula is C26H18O6S2. The van der Waals surface area contributed by atoms with E-state index in [4.69, 9.17) is 0 Å². The predicted molar refractivity (Wildman–Crippen MR) is 132 cm³/mol. The van der Waals surface area contributed by atoms with Crippen molar-refractivity contribution in [1.82, 2.24) is 0 Å². The van der Waals surface area contributed by atoms with E-state index in [1.807, 2.05) is 60.7 Å². The monoisotopic (exact) mass is 490 g/mol. The van der Waals surface area contributed by atoms with Crippen LogP contribution in [0.2, 0.25) is 0 Å². The fourth-order valence-electron chi connectivity index (χ4n) is 4.34. The summed E-state index contributed by atoms with van der Waals surface area (Å²) in [6, 6.07) is 27.3. The fourth-order valence-corrected chi connectivity index (χ4v) is 5.35. The van der Waals surface area contributed by atoms with Gasteiger partial charge in [0.2, 0.25) is 0 Å². The van der Waals surface area contributed by atoms with Crippen molar-refractivity contribution in [2.75, 3.05) is 0 Å². The van der Waals surface area contributed by atoms with E-state index < -0.39 is 20.2 Å². The third-order valence-electron chi connectivity index (χ3n) is 5.78. The molecule has 0 unspecified atom stereocenters. The van der Waals surface area contributed by atoms with Gasteiger partial charge in [-0.1, -0.05) is 72.8 Å². The molecule has 5 aromatic carbocycles. The van der Waals surface area contributed by atoms with E-state index in [1.165, 1.54) is 24.3 Å². The summed E-state index contributed by atoms with van der Waals surface area (Å²) in [5.41, 5.74) is 2.92. The number of rotatable bonds is 4. The Morgan fingerprint density at radius 3 is 1.15 bits per heavy atom. The molecule has 0 heterocycles. The fraction of sp³-hybridized carbons (Fsp3) is 0. The van der Waals surface area contributed by atoms with Crippen molar-refractivity contribution in [3.8, 4) is 22.3 Å². The standard InChI is InChI=1S/C26H18O6S2/c27-33(28,29)19-11-13-21-23(15-19)26(18-9-5-2-6-10-18)24-16-20(34(30,31)32)12-14-22(24)25(21)17-7-3-1-4-8-17/h1-16H,(H,27,28,29)(H,30,31,32). The van der Waals surface area contributed by atoms with Gasteiger partial charge in [0.1, 0.15) is 0 Å². The molecule has 5 rings (SSSR count). The molecule has 0 amide bonds. The second-order valence-electron chi connectivity index (χ2n) is 7.85. The van der Waals surface area contributed by atoms with Crippen molar-refractivity contribution in [1.29, 1.82) is 0 Å². The summed E-state index contributed by atoms with van der Waals surface area (Å²) in [6.07, 6.45) is 0. The molecular weight excluding hydrogens is 472 g/mol. The maximum atomic E-state index is 12.0. The molecule has 5 aromatic rings. The van der Waals surface area contributed by atoms with Gasteiger partial charge in [0, 0.05) is 0 Å². The van der Waals surface area contributed by atoms with Crippen LogP contribution in [0.25, 0.3) is 43.8 Å². The summed E-state index contributed by atoms with van der Waals surface area (Å²) >= 11 is 0. The van der Waals surface area contributed by atoms with Gasteiger partial charge in [0.15, 0.2) is 0 Å². The number of hydrogen-bond acceptors (Lipinski definition) is 4. The second kappa shape index (κ2) is 8.03. The van der Waals surface area contributed by atoms with Crippen LogP contribution in [0.1, 0.15) is 0 Å². The maximum Gasteiger partial charge on any atom is 0.294 e. The summed E-state index contributed by atoms with van der Waals surface area (Å²) in [4.78, 5) is -0.553. The molecule has 0 fully saturated rings. The maximum absolute atomic E-state index is 12.0. The van der Waals surface area contributed by atoms with Gasteiger partial charge < -0.3 is 0 Å². The minimum atomic E-state index is -4.49. The van der Waals surface area contributed by atoms with Crippen molar-refractivity contribution in [3.05, 3.63) is 97.1 Å². The Hall–Kier alpha value is -3.56. The summed E-state index contributed by atoms with van der Waals surface area (Å²) in [6.45, 7) is 0. The lowest BCUT2D eigenvalue weighted by Crippen LogP contribution is -2.00. The first-order chi connectivity index (χ1) is 16.1. The highest BCUT2D eigenvalue weighted by atomic mass is 32.2. The zero-order chi connectivity index (χ0) is 24.1. The molecule has 2 N–H and O–H groups in total. The van der Waals surface area contributed by atoms with Gasteiger partial charge in [-0.05, 0) is 68.1 Å². The van der Waals surface area contributed by atoms with Crippen LogP contribution < -0.4 is 0 Å². The highest BCUT2D eigenvalue weighted by molar-refractivity contribution is 7.86. The van der Waals surface area contributed by atoms with Crippen LogP contribution in [-0.4, -0.2) is 25.9 Å². The van der Waals surface area contributed by atoms with Crippen molar-refractivity contribution in [3.63, 3.8) is 0 Å². The second-order valence-corrected chi connectivity index (χ2v) is 10.7. The summed E-state index contributed by atoms with van der Waals surface area (Å²) in [5.74, 6) is 0. The Bertz CT molecular complexity index is 1690. The van der Waals surface area contributed by atoms with E-state index in [2.05, 4.69) is 0 Å². The Balaban J connectivity index is 2.08. The van der Waals surface area contributed by atoms with E-state index in [9.17, 15) is 25.9 Å². The Kier molecular flexibility index (Phi) is 5.26. The Morgan fingerprint density at radius 2 is 0.794 bits per heavy atom. The third-order valence-corrected chi connectivity index (χ3v) is 7.48. The lowest BCUT2D eigenvalue weighted by Gasteiger charge is -2.18.